The van der Waals surface area contributed by atoms with Crippen molar-refractivity contribution in [2.45, 2.75) is 12.5 Å². The van der Waals surface area contributed by atoms with Crippen molar-refractivity contribution in [2.24, 2.45) is 0 Å². The van der Waals surface area contributed by atoms with Crippen LogP contribution in [0.3, 0.4) is 0 Å². The molecule has 100 valence electrons. The fourth-order valence-electron chi connectivity index (χ4n) is 2.83. The van der Waals surface area contributed by atoms with E-state index in [1.165, 1.54) is 5.69 Å². The van der Waals surface area contributed by atoms with Gasteiger partial charge in [0.2, 0.25) is 0 Å². The molecule has 0 spiro atoms. The van der Waals surface area contributed by atoms with E-state index in [2.05, 4.69) is 37.6 Å². The number of nitrogens with one attached hydrogen (secondary N) is 3. The fourth-order valence-corrected chi connectivity index (χ4v) is 2.83. The fraction of sp³-hybridized carbons (Fsp3) is 0.200. The Labute approximate surface area is 116 Å². The SMILES string of the molecule is c1ccc(-c2[nH]ncc2C2NCCc3[nH]cnc32)cc1. The monoisotopic (exact) mass is 265 g/mol. The number of hydrogen-bond donors (Lipinski definition) is 3. The molecule has 3 aromatic rings. The Hall–Kier alpha value is -2.40. The molecule has 0 aliphatic carbocycles. The van der Waals surface area contributed by atoms with Crippen LogP contribution in [0.5, 0.6) is 0 Å². The third-order valence-electron chi connectivity index (χ3n) is 3.79. The summed E-state index contributed by atoms with van der Waals surface area (Å²) in [5.74, 6) is 0. The Balaban J connectivity index is 1.81. The number of imidazole rings is 1. The molecule has 0 saturated carbocycles. The lowest BCUT2D eigenvalue weighted by molar-refractivity contribution is 0.554. The molecule has 5 heteroatoms. The number of H-pyrrole nitrogens is 2. The van der Waals surface area contributed by atoms with Crippen molar-refractivity contribution in [3.05, 3.63) is 59.8 Å². The third kappa shape index (κ3) is 1.75. The van der Waals surface area contributed by atoms with Crippen LogP contribution in [0.25, 0.3) is 11.3 Å². The van der Waals surface area contributed by atoms with Crippen molar-refractivity contribution >= 4 is 0 Å². The van der Waals surface area contributed by atoms with Crippen molar-refractivity contribution in [1.29, 1.82) is 0 Å². The van der Waals surface area contributed by atoms with E-state index in [9.17, 15) is 0 Å². The zero-order valence-corrected chi connectivity index (χ0v) is 10.9. The highest BCUT2D eigenvalue weighted by Gasteiger charge is 2.27. The summed E-state index contributed by atoms with van der Waals surface area (Å²) in [4.78, 5) is 7.70. The molecule has 4 rings (SSSR count). The number of nitrogens with zero attached hydrogens (tertiary/aromatic N) is 2. The van der Waals surface area contributed by atoms with Gasteiger partial charge in [-0.05, 0) is 5.56 Å². The lowest BCUT2D eigenvalue weighted by atomic mass is 9.96. The van der Waals surface area contributed by atoms with Gasteiger partial charge in [-0.15, -0.1) is 0 Å². The van der Waals surface area contributed by atoms with E-state index in [1.807, 2.05) is 24.4 Å². The maximum atomic E-state index is 4.47. The number of aromatic amines is 2. The molecule has 0 bridgehead atoms. The Bertz CT molecular complexity index is 713. The highest BCUT2D eigenvalue weighted by atomic mass is 15.1. The van der Waals surface area contributed by atoms with E-state index in [0.717, 1.165) is 35.5 Å². The summed E-state index contributed by atoms with van der Waals surface area (Å²) in [5, 5.41) is 10.9. The minimum Gasteiger partial charge on any atom is -0.348 e. The molecule has 1 atom stereocenters. The summed E-state index contributed by atoms with van der Waals surface area (Å²) in [5.41, 5.74) is 5.64. The Morgan fingerprint density at radius 1 is 1.15 bits per heavy atom. The predicted octanol–water partition coefficient (Wildman–Crippen LogP) is 2.03. The van der Waals surface area contributed by atoms with Crippen LogP contribution in [0.2, 0.25) is 0 Å². The molecule has 0 saturated heterocycles. The van der Waals surface area contributed by atoms with Crippen molar-refractivity contribution in [3.63, 3.8) is 0 Å². The van der Waals surface area contributed by atoms with Gasteiger partial charge in [0, 0.05) is 24.2 Å². The molecular weight excluding hydrogens is 250 g/mol. The first-order valence-corrected chi connectivity index (χ1v) is 6.77. The molecule has 1 aliphatic rings. The quantitative estimate of drug-likeness (QED) is 0.664. The van der Waals surface area contributed by atoms with Crippen LogP contribution in [0, 0.1) is 0 Å². The topological polar surface area (TPSA) is 69.4 Å². The lowest BCUT2D eigenvalue weighted by Crippen LogP contribution is -2.30. The molecule has 20 heavy (non-hydrogen) atoms. The minimum atomic E-state index is 0.0963. The van der Waals surface area contributed by atoms with Crippen molar-refractivity contribution in [3.8, 4) is 11.3 Å². The zero-order valence-electron chi connectivity index (χ0n) is 10.9. The number of hydrogen-bond acceptors (Lipinski definition) is 3. The van der Waals surface area contributed by atoms with Crippen molar-refractivity contribution in [1.82, 2.24) is 25.5 Å². The van der Waals surface area contributed by atoms with Crippen LogP contribution in [0.4, 0.5) is 0 Å². The Morgan fingerprint density at radius 3 is 2.95 bits per heavy atom. The molecule has 0 amide bonds. The first-order valence-electron chi connectivity index (χ1n) is 6.77. The second-order valence-corrected chi connectivity index (χ2v) is 4.97. The van der Waals surface area contributed by atoms with E-state index < -0.39 is 0 Å². The standard InChI is InChI=1S/C15H15N5/c1-2-4-10(5-3-1)13-11(8-19-20-13)14-15-12(6-7-16-14)17-9-18-15/h1-5,8-9,14,16H,6-7H2,(H,17,18)(H,19,20). The molecule has 2 aromatic heterocycles. The molecule has 3 heterocycles. The molecule has 5 nitrogen and oxygen atoms in total. The predicted molar refractivity (Wildman–Crippen MR) is 76.2 cm³/mol. The van der Waals surface area contributed by atoms with Gasteiger partial charge in [-0.1, -0.05) is 30.3 Å². The number of fused-ring (bicyclic) bond motifs is 1. The summed E-state index contributed by atoms with van der Waals surface area (Å²) in [7, 11) is 0. The number of aromatic nitrogens is 4. The van der Waals surface area contributed by atoms with Gasteiger partial charge in [0.1, 0.15) is 0 Å². The molecular formula is C15H15N5. The molecule has 0 radical (unpaired) electrons. The van der Waals surface area contributed by atoms with E-state index in [0.29, 0.717) is 0 Å². The average Bonchev–Trinajstić information content (AvgIpc) is 3.16. The van der Waals surface area contributed by atoms with Gasteiger partial charge in [0.25, 0.3) is 0 Å². The van der Waals surface area contributed by atoms with Crippen LogP contribution >= 0.6 is 0 Å². The van der Waals surface area contributed by atoms with Gasteiger partial charge in [0.15, 0.2) is 0 Å². The Morgan fingerprint density at radius 2 is 2.05 bits per heavy atom. The highest BCUT2D eigenvalue weighted by Crippen LogP contribution is 2.32. The summed E-state index contributed by atoms with van der Waals surface area (Å²) in [6.07, 6.45) is 4.65. The van der Waals surface area contributed by atoms with Crippen LogP contribution in [0.15, 0.2) is 42.9 Å². The summed E-state index contributed by atoms with van der Waals surface area (Å²) in [6, 6.07) is 10.4. The first-order chi connectivity index (χ1) is 9.93. The number of rotatable bonds is 2. The highest BCUT2D eigenvalue weighted by molar-refractivity contribution is 5.64. The normalized spacial score (nSPS) is 17.9. The molecule has 3 N–H and O–H groups in total. The second kappa shape index (κ2) is 4.61. The number of benzene rings is 1. The summed E-state index contributed by atoms with van der Waals surface area (Å²) >= 11 is 0. The van der Waals surface area contributed by atoms with E-state index in [4.69, 9.17) is 0 Å². The van der Waals surface area contributed by atoms with Crippen molar-refractivity contribution in [2.75, 3.05) is 6.54 Å². The molecule has 0 fully saturated rings. The molecule has 1 aromatic carbocycles. The molecule has 1 unspecified atom stereocenters. The van der Waals surface area contributed by atoms with Crippen LogP contribution in [-0.2, 0) is 6.42 Å². The summed E-state index contributed by atoms with van der Waals surface area (Å²) < 4.78 is 0. The molecule has 1 aliphatic heterocycles. The second-order valence-electron chi connectivity index (χ2n) is 4.97. The van der Waals surface area contributed by atoms with Crippen molar-refractivity contribution < 1.29 is 0 Å². The van der Waals surface area contributed by atoms with E-state index in [-0.39, 0.29) is 6.04 Å². The van der Waals surface area contributed by atoms with Gasteiger partial charge < -0.3 is 10.3 Å². The average molecular weight is 265 g/mol. The maximum absolute atomic E-state index is 4.47. The van der Waals surface area contributed by atoms with Gasteiger partial charge in [-0.2, -0.15) is 5.10 Å². The van der Waals surface area contributed by atoms with Gasteiger partial charge in [-0.25, -0.2) is 4.98 Å². The smallest absolute Gasteiger partial charge is 0.0926 e. The minimum absolute atomic E-state index is 0.0963. The van der Waals surface area contributed by atoms with Gasteiger partial charge in [-0.3, -0.25) is 5.10 Å². The summed E-state index contributed by atoms with van der Waals surface area (Å²) in [6.45, 7) is 0.944. The first kappa shape index (κ1) is 11.4. The van der Waals surface area contributed by atoms with Crippen LogP contribution < -0.4 is 5.32 Å². The lowest BCUT2D eigenvalue weighted by Gasteiger charge is -2.23. The van der Waals surface area contributed by atoms with Gasteiger partial charge in [0.05, 0.1) is 30.0 Å². The largest absolute Gasteiger partial charge is 0.348 e. The zero-order chi connectivity index (χ0) is 13.4. The van der Waals surface area contributed by atoms with Gasteiger partial charge >= 0.3 is 0 Å². The van der Waals surface area contributed by atoms with Crippen LogP contribution in [0.1, 0.15) is 23.0 Å². The van der Waals surface area contributed by atoms with Crippen LogP contribution in [-0.4, -0.2) is 26.7 Å². The van der Waals surface area contributed by atoms with E-state index >= 15 is 0 Å². The maximum Gasteiger partial charge on any atom is 0.0926 e. The van der Waals surface area contributed by atoms with E-state index in [1.54, 1.807) is 6.33 Å². The third-order valence-corrected chi connectivity index (χ3v) is 3.79. The Kier molecular flexibility index (Phi) is 2.63.